The van der Waals surface area contributed by atoms with Crippen molar-refractivity contribution in [3.63, 3.8) is 0 Å². The van der Waals surface area contributed by atoms with E-state index in [1.54, 1.807) is 20.8 Å². The number of hydrogen-bond acceptors (Lipinski definition) is 8. The quantitative estimate of drug-likeness (QED) is 0.170. The standard InChI is InChI=1S/C35H52N2O8/c1-8-41-19-20-42-24-28(25-43-23-27-17-13-10-14-18-27)36-32(39)31(44-30(38)22-34(2,3)4)29(21-26-15-11-9-12-16-26)37-33(40)45-35(5,6)7/h9-18,28-29,31H,8,19-25H2,1-7H3,(H,36,39)(H,37,40)/t28-,29+,31?/m1/s1. The predicted molar refractivity (Wildman–Crippen MR) is 173 cm³/mol. The fourth-order valence-corrected chi connectivity index (χ4v) is 4.29. The van der Waals surface area contributed by atoms with E-state index in [0.717, 1.165) is 11.1 Å². The van der Waals surface area contributed by atoms with Gasteiger partial charge in [-0.15, -0.1) is 0 Å². The number of amides is 2. The summed E-state index contributed by atoms with van der Waals surface area (Å²) in [6, 6.07) is 17.5. The first-order chi connectivity index (χ1) is 21.3. The first-order valence-corrected chi connectivity index (χ1v) is 15.6. The van der Waals surface area contributed by atoms with Crippen LogP contribution in [0.5, 0.6) is 0 Å². The number of carbonyl (C=O) groups is 3. The molecule has 2 N–H and O–H groups in total. The maximum atomic E-state index is 14.0. The van der Waals surface area contributed by atoms with Crippen LogP contribution >= 0.6 is 0 Å². The first-order valence-electron chi connectivity index (χ1n) is 15.6. The second kappa shape index (κ2) is 19.1. The molecule has 0 aliphatic heterocycles. The van der Waals surface area contributed by atoms with E-state index in [2.05, 4.69) is 10.6 Å². The second-order valence-electron chi connectivity index (χ2n) is 13.1. The lowest BCUT2D eigenvalue weighted by molar-refractivity contribution is -0.160. The van der Waals surface area contributed by atoms with E-state index in [1.807, 2.05) is 88.4 Å². The molecule has 2 amide bonds. The van der Waals surface area contributed by atoms with Gasteiger partial charge in [-0.3, -0.25) is 9.59 Å². The molecule has 0 fully saturated rings. The minimum atomic E-state index is -1.37. The molecule has 3 atom stereocenters. The van der Waals surface area contributed by atoms with Crippen molar-refractivity contribution < 1.29 is 38.1 Å². The Morgan fingerprint density at radius 2 is 1.33 bits per heavy atom. The molecule has 0 spiro atoms. The molecule has 0 saturated heterocycles. The summed E-state index contributed by atoms with van der Waals surface area (Å²) in [4.78, 5) is 40.1. The lowest BCUT2D eigenvalue weighted by Crippen LogP contribution is -2.56. The Balaban J connectivity index is 2.32. The van der Waals surface area contributed by atoms with Gasteiger partial charge in [-0.05, 0) is 50.7 Å². The number of benzene rings is 2. The summed E-state index contributed by atoms with van der Waals surface area (Å²) in [6.45, 7) is 14.8. The van der Waals surface area contributed by atoms with Crippen molar-refractivity contribution in [3.8, 4) is 0 Å². The lowest BCUT2D eigenvalue weighted by atomic mass is 9.92. The molecule has 0 heterocycles. The third kappa shape index (κ3) is 17.0. The molecule has 1 unspecified atom stereocenters. The molecule has 0 radical (unpaired) electrons. The van der Waals surface area contributed by atoms with Crippen LogP contribution in [0.25, 0.3) is 0 Å². The van der Waals surface area contributed by atoms with Crippen LogP contribution in [0.1, 0.15) is 66.0 Å². The van der Waals surface area contributed by atoms with Crippen molar-refractivity contribution in [3.05, 3.63) is 71.8 Å². The summed E-state index contributed by atoms with van der Waals surface area (Å²) in [5, 5.41) is 5.75. The summed E-state index contributed by atoms with van der Waals surface area (Å²) in [6.07, 6.45) is -1.81. The molecule has 0 aliphatic rings. The van der Waals surface area contributed by atoms with Crippen LogP contribution in [0.3, 0.4) is 0 Å². The highest BCUT2D eigenvalue weighted by Crippen LogP contribution is 2.21. The van der Waals surface area contributed by atoms with E-state index >= 15 is 0 Å². The Bertz CT molecular complexity index is 1150. The minimum Gasteiger partial charge on any atom is -0.450 e. The van der Waals surface area contributed by atoms with Crippen molar-refractivity contribution in [1.29, 1.82) is 0 Å². The highest BCUT2D eigenvalue weighted by Gasteiger charge is 2.36. The molecule has 2 aromatic carbocycles. The minimum absolute atomic E-state index is 0.0748. The van der Waals surface area contributed by atoms with Crippen LogP contribution in [0, 0.1) is 5.41 Å². The second-order valence-corrected chi connectivity index (χ2v) is 13.1. The van der Waals surface area contributed by atoms with E-state index in [1.165, 1.54) is 0 Å². The number of carbonyl (C=O) groups excluding carboxylic acids is 3. The lowest BCUT2D eigenvalue weighted by Gasteiger charge is -2.31. The van der Waals surface area contributed by atoms with Gasteiger partial charge in [0.15, 0.2) is 0 Å². The number of hydrogen-bond donors (Lipinski definition) is 2. The molecule has 45 heavy (non-hydrogen) atoms. The Hall–Kier alpha value is -3.47. The molecule has 2 aromatic rings. The zero-order chi connectivity index (χ0) is 33.3. The maximum Gasteiger partial charge on any atom is 0.408 e. The van der Waals surface area contributed by atoms with E-state index in [-0.39, 0.29) is 31.5 Å². The number of rotatable bonds is 18. The smallest absolute Gasteiger partial charge is 0.408 e. The molecule has 250 valence electrons. The first kappa shape index (κ1) is 37.7. The molecule has 0 aliphatic carbocycles. The topological polar surface area (TPSA) is 121 Å². The average molecular weight is 629 g/mol. The van der Waals surface area contributed by atoms with Gasteiger partial charge in [0, 0.05) is 6.61 Å². The van der Waals surface area contributed by atoms with Gasteiger partial charge in [0.05, 0.1) is 51.5 Å². The monoisotopic (exact) mass is 628 g/mol. The van der Waals surface area contributed by atoms with Crippen molar-refractivity contribution in [2.24, 2.45) is 5.41 Å². The molecular weight excluding hydrogens is 576 g/mol. The number of nitrogens with one attached hydrogen (secondary N) is 2. The SMILES string of the molecule is CCOCCOC[C@H](COCc1ccccc1)NC(=O)C(OC(=O)CC(C)(C)C)[C@H](Cc1ccccc1)NC(=O)OC(C)(C)C. The van der Waals surface area contributed by atoms with Gasteiger partial charge in [0.2, 0.25) is 6.10 Å². The highest BCUT2D eigenvalue weighted by molar-refractivity contribution is 5.85. The Morgan fingerprint density at radius 1 is 0.756 bits per heavy atom. The largest absolute Gasteiger partial charge is 0.450 e. The van der Waals surface area contributed by atoms with Crippen molar-refractivity contribution in [1.82, 2.24) is 10.6 Å². The molecule has 0 bridgehead atoms. The Morgan fingerprint density at radius 3 is 1.91 bits per heavy atom. The normalized spacial score (nSPS) is 13.8. The van der Waals surface area contributed by atoms with Crippen LogP contribution in [-0.2, 0) is 46.3 Å². The molecule has 0 saturated carbocycles. The van der Waals surface area contributed by atoms with Gasteiger partial charge < -0.3 is 34.3 Å². The molecular formula is C35H52N2O8. The average Bonchev–Trinajstić information content (AvgIpc) is 2.94. The van der Waals surface area contributed by atoms with Crippen molar-refractivity contribution in [2.75, 3.05) is 33.0 Å². The summed E-state index contributed by atoms with van der Waals surface area (Å²) >= 11 is 0. The number of alkyl carbamates (subject to hydrolysis) is 1. The van der Waals surface area contributed by atoms with E-state index in [4.69, 9.17) is 23.7 Å². The van der Waals surface area contributed by atoms with Crippen LogP contribution < -0.4 is 10.6 Å². The molecule has 2 rings (SSSR count). The molecule has 10 nitrogen and oxygen atoms in total. The van der Waals surface area contributed by atoms with Crippen LogP contribution in [0.2, 0.25) is 0 Å². The van der Waals surface area contributed by atoms with E-state index in [0.29, 0.717) is 26.4 Å². The predicted octanol–water partition coefficient (Wildman–Crippen LogP) is 5.23. The third-order valence-electron chi connectivity index (χ3n) is 6.23. The van der Waals surface area contributed by atoms with Gasteiger partial charge >= 0.3 is 12.1 Å². The summed E-state index contributed by atoms with van der Waals surface area (Å²) in [5.41, 5.74) is 0.666. The molecule has 10 heteroatoms. The summed E-state index contributed by atoms with van der Waals surface area (Å²) in [5.74, 6) is -1.15. The van der Waals surface area contributed by atoms with Gasteiger partial charge in [-0.25, -0.2) is 4.79 Å². The summed E-state index contributed by atoms with van der Waals surface area (Å²) < 4.78 is 28.5. The van der Waals surface area contributed by atoms with Crippen molar-refractivity contribution in [2.45, 2.75) is 91.7 Å². The van der Waals surface area contributed by atoms with Crippen LogP contribution in [-0.4, -0.2) is 74.8 Å². The fourth-order valence-electron chi connectivity index (χ4n) is 4.29. The number of ether oxygens (including phenoxy) is 5. The van der Waals surface area contributed by atoms with Gasteiger partial charge in [0.1, 0.15) is 5.60 Å². The van der Waals surface area contributed by atoms with E-state index < -0.39 is 41.8 Å². The van der Waals surface area contributed by atoms with Gasteiger partial charge in [-0.2, -0.15) is 0 Å². The maximum absolute atomic E-state index is 14.0. The Labute approximate surface area is 268 Å². The third-order valence-corrected chi connectivity index (χ3v) is 6.23. The summed E-state index contributed by atoms with van der Waals surface area (Å²) in [7, 11) is 0. The van der Waals surface area contributed by atoms with Crippen LogP contribution in [0.15, 0.2) is 60.7 Å². The number of esters is 1. The van der Waals surface area contributed by atoms with Gasteiger partial charge in [0.25, 0.3) is 5.91 Å². The van der Waals surface area contributed by atoms with Crippen molar-refractivity contribution >= 4 is 18.0 Å². The fraction of sp³-hybridized carbons (Fsp3) is 0.571. The highest BCUT2D eigenvalue weighted by atomic mass is 16.6. The zero-order valence-corrected chi connectivity index (χ0v) is 27.9. The zero-order valence-electron chi connectivity index (χ0n) is 27.9. The van der Waals surface area contributed by atoms with E-state index in [9.17, 15) is 14.4 Å². The molecule has 0 aromatic heterocycles. The Kier molecular flexibility index (Phi) is 16.0. The van der Waals surface area contributed by atoms with Crippen LogP contribution in [0.4, 0.5) is 4.79 Å². The van der Waals surface area contributed by atoms with Gasteiger partial charge in [-0.1, -0.05) is 81.4 Å².